The van der Waals surface area contributed by atoms with Gasteiger partial charge in [0.1, 0.15) is 5.82 Å². The van der Waals surface area contributed by atoms with Crippen molar-refractivity contribution in [3.05, 3.63) is 35.9 Å². The maximum Gasteiger partial charge on any atom is 0.257 e. The van der Waals surface area contributed by atoms with Gasteiger partial charge in [-0.2, -0.15) is 10.1 Å². The van der Waals surface area contributed by atoms with Gasteiger partial charge in [0.25, 0.3) is 5.89 Å². The Kier molecular flexibility index (Phi) is 3.74. The Bertz CT molecular complexity index is 734. The highest BCUT2D eigenvalue weighted by molar-refractivity contribution is 5.64. The number of aromatic amines is 1. The van der Waals surface area contributed by atoms with Crippen LogP contribution in [0.3, 0.4) is 0 Å². The number of H-pyrrole nitrogens is 1. The van der Waals surface area contributed by atoms with Gasteiger partial charge < -0.3 is 9.26 Å². The molecule has 0 saturated heterocycles. The highest BCUT2D eigenvalue weighted by atomic mass is 16.5. The van der Waals surface area contributed by atoms with Crippen molar-refractivity contribution in [3.8, 4) is 22.8 Å². The van der Waals surface area contributed by atoms with E-state index < -0.39 is 0 Å². The lowest BCUT2D eigenvalue weighted by molar-refractivity contribution is 0.199. The SMILES string of the molecule is COCCc1noc(-c2cccc(-c3n[nH]c(C)n3)c2)n1. The van der Waals surface area contributed by atoms with E-state index in [2.05, 4.69) is 25.3 Å². The number of hydrogen-bond donors (Lipinski definition) is 1. The average Bonchev–Trinajstić information content (AvgIpc) is 3.14. The maximum atomic E-state index is 5.28. The molecule has 0 amide bonds. The fraction of sp³-hybridized carbons (Fsp3) is 0.286. The second-order valence-corrected chi connectivity index (χ2v) is 4.58. The third-order valence-corrected chi connectivity index (χ3v) is 2.96. The zero-order valence-electron chi connectivity index (χ0n) is 11.8. The molecule has 108 valence electrons. The van der Waals surface area contributed by atoms with Gasteiger partial charge in [0, 0.05) is 24.7 Å². The Morgan fingerprint density at radius 1 is 1.24 bits per heavy atom. The smallest absolute Gasteiger partial charge is 0.257 e. The van der Waals surface area contributed by atoms with Gasteiger partial charge in [-0.3, -0.25) is 5.10 Å². The van der Waals surface area contributed by atoms with Crippen molar-refractivity contribution >= 4 is 0 Å². The molecule has 0 radical (unpaired) electrons. The van der Waals surface area contributed by atoms with Crippen molar-refractivity contribution < 1.29 is 9.26 Å². The molecular formula is C14H15N5O2. The molecule has 21 heavy (non-hydrogen) atoms. The van der Waals surface area contributed by atoms with Crippen LogP contribution in [0.25, 0.3) is 22.8 Å². The molecule has 3 aromatic rings. The molecule has 0 aliphatic carbocycles. The molecule has 0 aliphatic heterocycles. The first-order valence-corrected chi connectivity index (χ1v) is 6.57. The molecule has 0 bridgehead atoms. The Morgan fingerprint density at radius 2 is 2.10 bits per heavy atom. The van der Waals surface area contributed by atoms with Crippen molar-refractivity contribution in [2.45, 2.75) is 13.3 Å². The predicted molar refractivity (Wildman–Crippen MR) is 75.4 cm³/mol. The predicted octanol–water partition coefficient (Wildman–Crippen LogP) is 2.02. The minimum atomic E-state index is 0.482. The van der Waals surface area contributed by atoms with Crippen LogP contribution in [0.2, 0.25) is 0 Å². The van der Waals surface area contributed by atoms with Gasteiger partial charge in [-0.05, 0) is 19.1 Å². The molecule has 0 spiro atoms. The maximum absolute atomic E-state index is 5.28. The highest BCUT2D eigenvalue weighted by Gasteiger charge is 2.11. The number of ether oxygens (including phenoxy) is 1. The lowest BCUT2D eigenvalue weighted by Gasteiger charge is -1.98. The normalized spacial score (nSPS) is 11.0. The number of hydrogen-bond acceptors (Lipinski definition) is 6. The first-order chi connectivity index (χ1) is 10.3. The standard InChI is InChI=1S/C14H15N5O2/c1-9-15-13(18-17-9)10-4-3-5-11(8-10)14-16-12(19-21-14)6-7-20-2/h3-5,8H,6-7H2,1-2H3,(H,15,17,18). The summed E-state index contributed by atoms with van der Waals surface area (Å²) in [7, 11) is 1.64. The summed E-state index contributed by atoms with van der Waals surface area (Å²) in [6.07, 6.45) is 0.625. The average molecular weight is 285 g/mol. The van der Waals surface area contributed by atoms with E-state index in [1.54, 1.807) is 7.11 Å². The summed E-state index contributed by atoms with van der Waals surface area (Å²) in [4.78, 5) is 8.66. The van der Waals surface area contributed by atoms with E-state index >= 15 is 0 Å². The number of aryl methyl sites for hydroxylation is 1. The fourth-order valence-electron chi connectivity index (χ4n) is 1.93. The molecule has 0 fully saturated rings. The van der Waals surface area contributed by atoms with E-state index in [0.29, 0.717) is 30.6 Å². The van der Waals surface area contributed by atoms with Crippen LogP contribution in [0.4, 0.5) is 0 Å². The van der Waals surface area contributed by atoms with E-state index in [-0.39, 0.29) is 0 Å². The summed E-state index contributed by atoms with van der Waals surface area (Å²) in [6.45, 7) is 2.43. The van der Waals surface area contributed by atoms with Crippen molar-refractivity contribution in [1.82, 2.24) is 25.3 Å². The number of aromatic nitrogens is 5. The van der Waals surface area contributed by atoms with Crippen LogP contribution in [0.1, 0.15) is 11.6 Å². The Hall–Kier alpha value is -2.54. The second-order valence-electron chi connectivity index (χ2n) is 4.58. The number of rotatable bonds is 5. The highest BCUT2D eigenvalue weighted by Crippen LogP contribution is 2.23. The van der Waals surface area contributed by atoms with Gasteiger partial charge in [-0.1, -0.05) is 17.3 Å². The van der Waals surface area contributed by atoms with Gasteiger partial charge in [0.2, 0.25) is 0 Å². The second kappa shape index (κ2) is 5.84. The van der Waals surface area contributed by atoms with Crippen molar-refractivity contribution in [2.75, 3.05) is 13.7 Å². The topological polar surface area (TPSA) is 89.7 Å². The van der Waals surface area contributed by atoms with Gasteiger partial charge in [-0.15, -0.1) is 0 Å². The van der Waals surface area contributed by atoms with Crippen LogP contribution in [0, 0.1) is 6.92 Å². The van der Waals surface area contributed by atoms with Crippen molar-refractivity contribution in [2.24, 2.45) is 0 Å². The zero-order chi connectivity index (χ0) is 14.7. The third kappa shape index (κ3) is 2.97. The van der Waals surface area contributed by atoms with Gasteiger partial charge >= 0.3 is 0 Å². The summed E-state index contributed by atoms with van der Waals surface area (Å²) < 4.78 is 10.3. The van der Waals surface area contributed by atoms with Crippen molar-refractivity contribution in [3.63, 3.8) is 0 Å². The van der Waals surface area contributed by atoms with Crippen LogP contribution >= 0.6 is 0 Å². The summed E-state index contributed by atoms with van der Waals surface area (Å²) >= 11 is 0. The minimum Gasteiger partial charge on any atom is -0.384 e. The van der Waals surface area contributed by atoms with Gasteiger partial charge in [0.05, 0.1) is 6.61 Å². The Labute approximate surface area is 121 Å². The van der Waals surface area contributed by atoms with Crippen molar-refractivity contribution in [1.29, 1.82) is 0 Å². The van der Waals surface area contributed by atoms with Crippen LogP contribution in [-0.2, 0) is 11.2 Å². The summed E-state index contributed by atoms with van der Waals surface area (Å²) in [5.41, 5.74) is 1.74. The molecule has 3 rings (SSSR count). The molecule has 2 aromatic heterocycles. The molecular weight excluding hydrogens is 270 g/mol. The minimum absolute atomic E-state index is 0.482. The Morgan fingerprint density at radius 3 is 2.86 bits per heavy atom. The lowest BCUT2D eigenvalue weighted by atomic mass is 10.1. The number of nitrogens with one attached hydrogen (secondary N) is 1. The van der Waals surface area contributed by atoms with Gasteiger partial charge in [-0.25, -0.2) is 4.98 Å². The number of nitrogens with zero attached hydrogens (tertiary/aromatic N) is 4. The molecule has 0 aliphatic rings. The summed E-state index contributed by atoms with van der Waals surface area (Å²) in [5, 5.41) is 10.9. The first-order valence-electron chi connectivity index (χ1n) is 6.57. The largest absolute Gasteiger partial charge is 0.384 e. The van der Waals surface area contributed by atoms with E-state index in [4.69, 9.17) is 9.26 Å². The van der Waals surface area contributed by atoms with E-state index in [0.717, 1.165) is 17.0 Å². The van der Waals surface area contributed by atoms with Crippen LogP contribution < -0.4 is 0 Å². The molecule has 7 heteroatoms. The number of benzene rings is 1. The summed E-state index contributed by atoms with van der Waals surface area (Å²) in [6, 6.07) is 7.69. The third-order valence-electron chi connectivity index (χ3n) is 2.96. The summed E-state index contributed by atoms with van der Waals surface area (Å²) in [5.74, 6) is 2.53. The fourth-order valence-corrected chi connectivity index (χ4v) is 1.93. The van der Waals surface area contributed by atoms with E-state index in [1.165, 1.54) is 0 Å². The first kappa shape index (κ1) is 13.4. The molecule has 7 nitrogen and oxygen atoms in total. The molecule has 1 aromatic carbocycles. The zero-order valence-corrected chi connectivity index (χ0v) is 11.8. The van der Waals surface area contributed by atoms with E-state index in [1.807, 2.05) is 31.2 Å². The molecule has 2 heterocycles. The monoisotopic (exact) mass is 285 g/mol. The quantitative estimate of drug-likeness (QED) is 0.771. The molecule has 0 unspecified atom stereocenters. The lowest BCUT2D eigenvalue weighted by Crippen LogP contribution is -1.96. The van der Waals surface area contributed by atoms with Crippen LogP contribution in [-0.4, -0.2) is 39.0 Å². The van der Waals surface area contributed by atoms with E-state index in [9.17, 15) is 0 Å². The number of methoxy groups -OCH3 is 1. The Balaban J connectivity index is 1.87. The molecule has 0 saturated carbocycles. The molecule has 1 N–H and O–H groups in total. The van der Waals surface area contributed by atoms with Crippen LogP contribution in [0.15, 0.2) is 28.8 Å². The van der Waals surface area contributed by atoms with Crippen LogP contribution in [0.5, 0.6) is 0 Å². The molecule has 0 atom stereocenters. The van der Waals surface area contributed by atoms with Gasteiger partial charge in [0.15, 0.2) is 11.6 Å².